The largest absolute Gasteiger partial charge is 0.452 e. The van der Waals surface area contributed by atoms with E-state index in [9.17, 15) is 22.8 Å². The van der Waals surface area contributed by atoms with E-state index in [1.54, 1.807) is 0 Å². The monoisotopic (exact) mass is 440 g/mol. The Morgan fingerprint density at radius 3 is 2.16 bits per heavy atom. The Hall–Kier alpha value is -2.49. The number of carbonyl (C=O) groups excluding carboxylic acids is 2. The molecule has 4 nitrogen and oxygen atoms in total. The average Bonchev–Trinajstić information content (AvgIpc) is 2.75. The third-order valence-electron chi connectivity index (χ3n) is 4.57. The molecule has 31 heavy (non-hydrogen) atoms. The van der Waals surface area contributed by atoms with Crippen LogP contribution in [0.15, 0.2) is 12.1 Å². The van der Waals surface area contributed by atoms with Crippen LogP contribution in [0.25, 0.3) is 0 Å². The predicted octanol–water partition coefficient (Wildman–Crippen LogP) is 6.26. The molecule has 0 aliphatic carbocycles. The lowest BCUT2D eigenvalue weighted by molar-refractivity contribution is -0.142. The summed E-state index contributed by atoms with van der Waals surface area (Å²) >= 11 is 0. The van der Waals surface area contributed by atoms with E-state index < -0.39 is 35.1 Å². The second-order valence-electron chi connectivity index (χ2n) is 7.24. The van der Waals surface area contributed by atoms with Crippen LogP contribution in [0.1, 0.15) is 84.0 Å². The molecule has 0 spiro atoms. The van der Waals surface area contributed by atoms with Gasteiger partial charge in [0.05, 0.1) is 0 Å². The second kappa shape index (κ2) is 16.2. The van der Waals surface area contributed by atoms with Gasteiger partial charge in [-0.05, 0) is 25.0 Å². The van der Waals surface area contributed by atoms with Gasteiger partial charge in [0, 0.05) is 19.3 Å². The minimum Gasteiger partial charge on any atom is -0.452 e. The highest BCUT2D eigenvalue weighted by Gasteiger charge is 2.17. The third kappa shape index (κ3) is 12.1. The zero-order valence-electron chi connectivity index (χ0n) is 18.1. The molecule has 0 aliphatic heterocycles. The molecule has 0 unspecified atom stereocenters. The van der Waals surface area contributed by atoms with E-state index in [1.807, 2.05) is 0 Å². The van der Waals surface area contributed by atoms with Crippen LogP contribution in [0.5, 0.6) is 5.75 Å². The third-order valence-corrected chi connectivity index (χ3v) is 4.57. The second-order valence-corrected chi connectivity index (χ2v) is 7.24. The van der Waals surface area contributed by atoms with Gasteiger partial charge in [0.25, 0.3) is 0 Å². The van der Waals surface area contributed by atoms with Gasteiger partial charge in [-0.1, -0.05) is 63.7 Å². The summed E-state index contributed by atoms with van der Waals surface area (Å²) in [6, 6.07) is 1.49. The van der Waals surface area contributed by atoms with Gasteiger partial charge < -0.3 is 9.47 Å². The van der Waals surface area contributed by atoms with Gasteiger partial charge in [-0.15, -0.1) is 0 Å². The molecule has 0 aromatic heterocycles. The van der Waals surface area contributed by atoms with Crippen LogP contribution in [-0.2, 0) is 14.3 Å². The Labute approximate surface area is 182 Å². The first-order valence-corrected chi connectivity index (χ1v) is 10.9. The maximum absolute atomic E-state index is 13.4. The minimum atomic E-state index is -1.71. The summed E-state index contributed by atoms with van der Waals surface area (Å²) < 4.78 is 49.0. The molecule has 1 rings (SSSR count). The standard InChI is InChI=1S/C24H31F3O4/c1-2-3-4-5-6-7-8-9-10-11-12-18-30-21(28)14-13-15-22(29)31-20-17-16-19(25)23(26)24(20)27/h16-17H,2-10,13-15,18H2,1H3. The van der Waals surface area contributed by atoms with Gasteiger partial charge >= 0.3 is 11.9 Å². The van der Waals surface area contributed by atoms with Gasteiger partial charge in [0.1, 0.15) is 0 Å². The SMILES string of the molecule is CCCCCCCCCCC#CCOC(=O)CCCC(=O)Oc1ccc(F)c(F)c1F. The first kappa shape index (κ1) is 26.5. The van der Waals surface area contributed by atoms with Crippen molar-refractivity contribution in [2.75, 3.05) is 6.61 Å². The highest BCUT2D eigenvalue weighted by atomic mass is 19.2. The highest BCUT2D eigenvalue weighted by molar-refractivity contribution is 5.74. The lowest BCUT2D eigenvalue weighted by atomic mass is 10.1. The van der Waals surface area contributed by atoms with Crippen LogP contribution in [-0.4, -0.2) is 18.5 Å². The molecule has 1 aromatic carbocycles. The van der Waals surface area contributed by atoms with E-state index in [-0.39, 0.29) is 25.9 Å². The summed E-state index contributed by atoms with van der Waals surface area (Å²) in [6.45, 7) is 2.21. The normalized spacial score (nSPS) is 10.3. The average molecular weight is 441 g/mol. The number of esters is 2. The molecule has 0 bridgehead atoms. The molecule has 1 aromatic rings. The van der Waals surface area contributed by atoms with Crippen molar-refractivity contribution in [1.29, 1.82) is 0 Å². The van der Waals surface area contributed by atoms with E-state index in [0.717, 1.165) is 25.3 Å². The fourth-order valence-corrected chi connectivity index (χ4v) is 2.81. The number of benzene rings is 1. The Kier molecular flexibility index (Phi) is 13.9. The topological polar surface area (TPSA) is 52.6 Å². The number of hydrogen-bond donors (Lipinski definition) is 0. The Morgan fingerprint density at radius 2 is 1.45 bits per heavy atom. The molecule has 0 amide bonds. The number of rotatable bonds is 14. The van der Waals surface area contributed by atoms with Gasteiger partial charge in [-0.3, -0.25) is 9.59 Å². The fourth-order valence-electron chi connectivity index (χ4n) is 2.81. The lowest BCUT2D eigenvalue weighted by Gasteiger charge is -2.06. The van der Waals surface area contributed by atoms with Crippen molar-refractivity contribution in [3.8, 4) is 17.6 Å². The van der Waals surface area contributed by atoms with E-state index in [4.69, 9.17) is 4.74 Å². The molecule has 0 atom stereocenters. The fraction of sp³-hybridized carbons (Fsp3) is 0.583. The minimum absolute atomic E-state index is 0.000362. The Bertz CT molecular complexity index is 753. The van der Waals surface area contributed by atoms with E-state index in [2.05, 4.69) is 23.5 Å². The zero-order valence-corrected chi connectivity index (χ0v) is 18.1. The molecule has 0 radical (unpaired) electrons. The summed E-state index contributed by atoms with van der Waals surface area (Å²) in [5.41, 5.74) is 0. The number of hydrogen-bond acceptors (Lipinski definition) is 4. The van der Waals surface area contributed by atoms with Crippen molar-refractivity contribution in [3.05, 3.63) is 29.6 Å². The Balaban J connectivity index is 2.07. The molecule has 0 heterocycles. The van der Waals surface area contributed by atoms with Crippen molar-refractivity contribution in [3.63, 3.8) is 0 Å². The first-order chi connectivity index (χ1) is 15.0. The zero-order chi connectivity index (χ0) is 22.9. The van der Waals surface area contributed by atoms with Gasteiger partial charge in [0.15, 0.2) is 24.0 Å². The van der Waals surface area contributed by atoms with E-state index >= 15 is 0 Å². The molecule has 0 saturated carbocycles. The summed E-state index contributed by atoms with van der Waals surface area (Å²) in [6.07, 6.45) is 10.5. The number of halogens is 3. The van der Waals surface area contributed by atoms with Crippen LogP contribution in [0.2, 0.25) is 0 Å². The Morgan fingerprint density at radius 1 is 0.806 bits per heavy atom. The molecule has 7 heteroatoms. The maximum atomic E-state index is 13.4. The molecule has 0 fully saturated rings. The van der Waals surface area contributed by atoms with Gasteiger partial charge in [-0.25, -0.2) is 8.78 Å². The number of carbonyl (C=O) groups is 2. The van der Waals surface area contributed by atoms with Crippen molar-refractivity contribution in [2.24, 2.45) is 0 Å². The van der Waals surface area contributed by atoms with Crippen molar-refractivity contribution < 1.29 is 32.2 Å². The van der Waals surface area contributed by atoms with Crippen LogP contribution in [0.3, 0.4) is 0 Å². The molecule has 0 N–H and O–H groups in total. The summed E-state index contributed by atoms with van der Waals surface area (Å²) in [5, 5.41) is 0. The van der Waals surface area contributed by atoms with Crippen LogP contribution in [0.4, 0.5) is 13.2 Å². The molecular formula is C24H31F3O4. The quantitative estimate of drug-likeness (QED) is 0.113. The predicted molar refractivity (Wildman–Crippen MR) is 112 cm³/mol. The van der Waals surface area contributed by atoms with Crippen molar-refractivity contribution in [2.45, 2.75) is 84.0 Å². The van der Waals surface area contributed by atoms with E-state index in [1.165, 1.54) is 38.5 Å². The van der Waals surface area contributed by atoms with Gasteiger partial charge in [0.2, 0.25) is 5.82 Å². The summed E-state index contributed by atoms with van der Waals surface area (Å²) in [7, 11) is 0. The highest BCUT2D eigenvalue weighted by Crippen LogP contribution is 2.22. The molecule has 172 valence electrons. The lowest BCUT2D eigenvalue weighted by Crippen LogP contribution is -2.11. The van der Waals surface area contributed by atoms with E-state index in [0.29, 0.717) is 6.07 Å². The number of ether oxygens (including phenoxy) is 2. The molecular weight excluding hydrogens is 409 g/mol. The first-order valence-electron chi connectivity index (χ1n) is 10.9. The summed E-state index contributed by atoms with van der Waals surface area (Å²) in [5.74, 6) is -0.953. The maximum Gasteiger partial charge on any atom is 0.311 e. The number of unbranched alkanes of at least 4 members (excludes halogenated alkanes) is 8. The summed E-state index contributed by atoms with van der Waals surface area (Å²) in [4.78, 5) is 23.2. The molecule has 0 aliphatic rings. The van der Waals surface area contributed by atoms with Crippen molar-refractivity contribution in [1.82, 2.24) is 0 Å². The van der Waals surface area contributed by atoms with Crippen molar-refractivity contribution >= 4 is 11.9 Å². The van der Waals surface area contributed by atoms with Crippen LogP contribution < -0.4 is 4.74 Å². The van der Waals surface area contributed by atoms with Crippen LogP contribution in [0, 0.1) is 29.3 Å². The van der Waals surface area contributed by atoms with Crippen LogP contribution >= 0.6 is 0 Å². The smallest absolute Gasteiger partial charge is 0.311 e. The molecule has 0 saturated heterocycles. The van der Waals surface area contributed by atoms with Gasteiger partial charge in [-0.2, -0.15) is 4.39 Å².